The van der Waals surface area contributed by atoms with E-state index >= 15 is 0 Å². The predicted molar refractivity (Wildman–Crippen MR) is 54.1 cm³/mol. The van der Waals surface area contributed by atoms with Crippen molar-refractivity contribution in [2.75, 3.05) is 13.2 Å². The average molecular weight is 245 g/mol. The molecule has 0 aliphatic heterocycles. The molecule has 0 amide bonds. The highest BCUT2D eigenvalue weighted by molar-refractivity contribution is 4.72. The van der Waals surface area contributed by atoms with Crippen LogP contribution in [0.1, 0.15) is 27.2 Å². The Bertz CT molecular complexity index is 190. The van der Waals surface area contributed by atoms with Gasteiger partial charge in [-0.05, 0) is 26.8 Å². The normalized spacial score (nSPS) is 16.5. The van der Waals surface area contributed by atoms with Crippen LogP contribution >= 0.6 is 0 Å². The highest BCUT2D eigenvalue weighted by Gasteiger charge is 2.41. The Kier molecular flexibility index (Phi) is 6.90. The Labute approximate surface area is 93.3 Å². The van der Waals surface area contributed by atoms with Gasteiger partial charge in [-0.1, -0.05) is 6.92 Å². The standard InChI is InChI=1S/C10H19F4NO/c1-4-5-15-7(2)8(3)16-6-10(13,14)9(11)12/h7-9,15H,4-6H2,1-3H3. The summed E-state index contributed by atoms with van der Waals surface area (Å²) in [5.74, 6) is -4.07. The summed E-state index contributed by atoms with van der Waals surface area (Å²) in [4.78, 5) is 0. The molecule has 0 bridgehead atoms. The molecule has 16 heavy (non-hydrogen) atoms. The Morgan fingerprint density at radius 1 is 1.25 bits per heavy atom. The first-order valence-electron chi connectivity index (χ1n) is 5.32. The van der Waals surface area contributed by atoms with E-state index in [1.165, 1.54) is 0 Å². The summed E-state index contributed by atoms with van der Waals surface area (Å²) in [5.41, 5.74) is 0. The Balaban J connectivity index is 3.92. The Morgan fingerprint density at radius 2 is 1.81 bits per heavy atom. The molecule has 0 aromatic carbocycles. The second kappa shape index (κ2) is 7.06. The molecule has 0 aromatic rings. The molecule has 0 spiro atoms. The van der Waals surface area contributed by atoms with E-state index < -0.39 is 25.1 Å². The van der Waals surface area contributed by atoms with E-state index in [9.17, 15) is 17.6 Å². The van der Waals surface area contributed by atoms with Crippen molar-refractivity contribution in [1.82, 2.24) is 5.32 Å². The van der Waals surface area contributed by atoms with Crippen molar-refractivity contribution in [2.45, 2.75) is 51.7 Å². The van der Waals surface area contributed by atoms with Gasteiger partial charge in [0.15, 0.2) is 0 Å². The summed E-state index contributed by atoms with van der Waals surface area (Å²) in [6, 6.07) is -0.145. The van der Waals surface area contributed by atoms with Gasteiger partial charge >= 0.3 is 12.3 Å². The monoisotopic (exact) mass is 245 g/mol. The van der Waals surface area contributed by atoms with E-state index in [1.807, 2.05) is 6.92 Å². The smallest absolute Gasteiger partial charge is 0.330 e. The van der Waals surface area contributed by atoms with Crippen LogP contribution in [0.25, 0.3) is 0 Å². The lowest BCUT2D eigenvalue weighted by molar-refractivity contribution is -0.176. The molecular weight excluding hydrogens is 226 g/mol. The molecule has 0 fully saturated rings. The van der Waals surface area contributed by atoms with Crippen LogP contribution in [0.2, 0.25) is 0 Å². The van der Waals surface area contributed by atoms with Crippen LogP contribution < -0.4 is 5.32 Å². The van der Waals surface area contributed by atoms with Crippen LogP contribution in [0.4, 0.5) is 17.6 Å². The fraction of sp³-hybridized carbons (Fsp3) is 1.00. The highest BCUT2D eigenvalue weighted by Crippen LogP contribution is 2.23. The van der Waals surface area contributed by atoms with Gasteiger partial charge in [0, 0.05) is 6.04 Å². The minimum absolute atomic E-state index is 0.145. The predicted octanol–water partition coefficient (Wildman–Crippen LogP) is 2.68. The van der Waals surface area contributed by atoms with Gasteiger partial charge in [0.2, 0.25) is 0 Å². The number of hydrogen-bond acceptors (Lipinski definition) is 2. The lowest BCUT2D eigenvalue weighted by Crippen LogP contribution is -2.41. The van der Waals surface area contributed by atoms with E-state index in [0.29, 0.717) is 0 Å². The summed E-state index contributed by atoms with van der Waals surface area (Å²) in [7, 11) is 0. The molecule has 0 heterocycles. The van der Waals surface area contributed by atoms with Crippen molar-refractivity contribution < 1.29 is 22.3 Å². The summed E-state index contributed by atoms with van der Waals surface area (Å²) in [5, 5.41) is 3.04. The van der Waals surface area contributed by atoms with E-state index in [1.54, 1.807) is 13.8 Å². The first-order valence-corrected chi connectivity index (χ1v) is 5.32. The maximum absolute atomic E-state index is 12.5. The summed E-state index contributed by atoms with van der Waals surface area (Å²) in [6.07, 6.45) is -3.31. The van der Waals surface area contributed by atoms with Crippen molar-refractivity contribution in [3.8, 4) is 0 Å². The van der Waals surface area contributed by atoms with Gasteiger partial charge in [-0.25, -0.2) is 8.78 Å². The first kappa shape index (κ1) is 15.6. The number of hydrogen-bond donors (Lipinski definition) is 1. The van der Waals surface area contributed by atoms with Crippen molar-refractivity contribution in [1.29, 1.82) is 0 Å². The zero-order chi connectivity index (χ0) is 12.8. The van der Waals surface area contributed by atoms with Gasteiger partial charge in [0.1, 0.15) is 6.61 Å². The van der Waals surface area contributed by atoms with E-state index in [0.717, 1.165) is 13.0 Å². The third-order valence-electron chi connectivity index (χ3n) is 2.28. The second-order valence-corrected chi connectivity index (χ2v) is 3.82. The molecule has 0 aromatic heterocycles. The fourth-order valence-electron chi connectivity index (χ4n) is 0.988. The molecule has 2 atom stereocenters. The third-order valence-corrected chi connectivity index (χ3v) is 2.28. The molecule has 0 aliphatic rings. The number of alkyl halides is 4. The van der Waals surface area contributed by atoms with Crippen LogP contribution in [0.5, 0.6) is 0 Å². The molecule has 0 rings (SSSR count). The summed E-state index contributed by atoms with van der Waals surface area (Å²) >= 11 is 0. The third kappa shape index (κ3) is 5.65. The molecule has 6 heteroatoms. The molecular formula is C10H19F4NO. The van der Waals surface area contributed by atoms with Crippen molar-refractivity contribution in [3.63, 3.8) is 0 Å². The van der Waals surface area contributed by atoms with E-state index in [-0.39, 0.29) is 6.04 Å². The second-order valence-electron chi connectivity index (χ2n) is 3.82. The SMILES string of the molecule is CCCNC(C)C(C)OCC(F)(F)C(F)F. The molecule has 2 nitrogen and oxygen atoms in total. The first-order chi connectivity index (χ1) is 7.31. The molecule has 0 saturated heterocycles. The van der Waals surface area contributed by atoms with Crippen molar-refractivity contribution >= 4 is 0 Å². The topological polar surface area (TPSA) is 21.3 Å². The number of nitrogens with one attached hydrogen (secondary N) is 1. The zero-order valence-electron chi connectivity index (χ0n) is 9.77. The lowest BCUT2D eigenvalue weighted by Gasteiger charge is -2.24. The average Bonchev–Trinajstić information content (AvgIpc) is 2.22. The summed E-state index contributed by atoms with van der Waals surface area (Å²) in [6.45, 7) is 4.80. The maximum Gasteiger partial charge on any atom is 0.330 e. The minimum Gasteiger partial charge on any atom is -0.370 e. The summed E-state index contributed by atoms with van der Waals surface area (Å²) < 4.78 is 53.4. The molecule has 0 radical (unpaired) electrons. The minimum atomic E-state index is -4.07. The highest BCUT2D eigenvalue weighted by atomic mass is 19.3. The quantitative estimate of drug-likeness (QED) is 0.664. The van der Waals surface area contributed by atoms with Gasteiger partial charge in [-0.2, -0.15) is 8.78 Å². The van der Waals surface area contributed by atoms with Crippen LogP contribution in [-0.2, 0) is 4.74 Å². The number of ether oxygens (including phenoxy) is 1. The van der Waals surface area contributed by atoms with Crippen LogP contribution in [0.3, 0.4) is 0 Å². The van der Waals surface area contributed by atoms with E-state index in [2.05, 4.69) is 5.32 Å². The Hall–Kier alpha value is -0.360. The van der Waals surface area contributed by atoms with E-state index in [4.69, 9.17) is 4.74 Å². The number of rotatable bonds is 8. The van der Waals surface area contributed by atoms with Crippen molar-refractivity contribution in [2.24, 2.45) is 0 Å². The molecule has 2 unspecified atom stereocenters. The lowest BCUT2D eigenvalue weighted by atomic mass is 10.2. The van der Waals surface area contributed by atoms with Crippen molar-refractivity contribution in [3.05, 3.63) is 0 Å². The van der Waals surface area contributed by atoms with Crippen LogP contribution in [0, 0.1) is 0 Å². The van der Waals surface area contributed by atoms with Crippen LogP contribution in [0.15, 0.2) is 0 Å². The van der Waals surface area contributed by atoms with Gasteiger partial charge < -0.3 is 10.1 Å². The fourth-order valence-corrected chi connectivity index (χ4v) is 0.988. The van der Waals surface area contributed by atoms with Gasteiger partial charge in [0.05, 0.1) is 6.10 Å². The molecule has 0 aliphatic carbocycles. The maximum atomic E-state index is 12.5. The van der Waals surface area contributed by atoms with Gasteiger partial charge in [-0.3, -0.25) is 0 Å². The van der Waals surface area contributed by atoms with Gasteiger partial charge in [-0.15, -0.1) is 0 Å². The Morgan fingerprint density at radius 3 is 2.25 bits per heavy atom. The van der Waals surface area contributed by atoms with Gasteiger partial charge in [0.25, 0.3) is 0 Å². The number of halogens is 4. The zero-order valence-corrected chi connectivity index (χ0v) is 9.77. The molecule has 1 N–H and O–H groups in total. The van der Waals surface area contributed by atoms with Crippen LogP contribution in [-0.4, -0.2) is 37.6 Å². The largest absolute Gasteiger partial charge is 0.370 e. The molecule has 98 valence electrons. The molecule has 0 saturated carbocycles.